The lowest BCUT2D eigenvalue weighted by molar-refractivity contribution is -0.384. The van der Waals surface area contributed by atoms with Gasteiger partial charge in [-0.05, 0) is 119 Å². The Kier molecular flexibility index (Phi) is 12.0. The van der Waals surface area contributed by atoms with E-state index in [1.807, 2.05) is 6.92 Å². The summed E-state index contributed by atoms with van der Waals surface area (Å²) in [6.45, 7) is 16.0. The minimum Gasteiger partial charge on any atom is -0.390 e. The number of pyridine rings is 1. The van der Waals surface area contributed by atoms with Crippen LogP contribution < -0.4 is 16.0 Å². The van der Waals surface area contributed by atoms with E-state index in [0.29, 0.717) is 49.1 Å². The zero-order valence-electron chi connectivity index (χ0n) is 34.7. The summed E-state index contributed by atoms with van der Waals surface area (Å²) in [4.78, 5) is 35.2. The van der Waals surface area contributed by atoms with Gasteiger partial charge in [0.1, 0.15) is 0 Å². The lowest BCUT2D eigenvalue weighted by Gasteiger charge is -2.58. The third kappa shape index (κ3) is 8.62. The molecule has 2 aliphatic carbocycles. The molecule has 1 amide bonds. The summed E-state index contributed by atoms with van der Waals surface area (Å²) in [7, 11) is -4.44. The number of nitrogens with one attached hydrogen (secondary N) is 1. The van der Waals surface area contributed by atoms with E-state index in [1.54, 1.807) is 6.07 Å². The Morgan fingerprint density at radius 3 is 2.34 bits per heavy atom. The zero-order chi connectivity index (χ0) is 41.6. The van der Waals surface area contributed by atoms with Gasteiger partial charge in [0, 0.05) is 75.3 Å². The standard InChI is InChI=1S/C44H61N7O6S/c1-29(2)35-8-6-7-9-36(35)39-28-49(30(3)4)20-21-50(39)33-24-44(25-33)16-18-48(19-17-44)32-10-11-37(41(45)52)40(22-32)58(56,57)34-23-38(51(54)55)42(47-27-34)46-26-31-12-14-43(5,53)15-13-31/h6-11,22-23,27,29-31,33,39,53H,12-21,24-26,28H2,1-5H3,(H2,45,52)(H,46,47)/t31?,39-,43?/m0/s1. The van der Waals surface area contributed by atoms with E-state index >= 15 is 0 Å². The summed E-state index contributed by atoms with van der Waals surface area (Å²) in [6, 6.07) is 16.0. The molecule has 2 saturated heterocycles. The summed E-state index contributed by atoms with van der Waals surface area (Å²) >= 11 is 0. The molecular weight excluding hydrogens is 755 g/mol. The van der Waals surface area contributed by atoms with Crippen LogP contribution in [0.2, 0.25) is 0 Å². The Balaban J connectivity index is 1.05. The van der Waals surface area contributed by atoms with Gasteiger partial charge in [-0.25, -0.2) is 13.4 Å². The molecule has 14 heteroatoms. The van der Waals surface area contributed by atoms with Crippen molar-refractivity contribution in [3.05, 3.63) is 81.5 Å². The number of carbonyl (C=O) groups is 1. The SMILES string of the molecule is CC(C)c1ccccc1[C@@H]1CN(C(C)C)CCN1C1CC2(CCN(c3ccc(C(N)=O)c(S(=O)(=O)c4cnc(NCC5CCC(C)(O)CC5)c([N+](=O)[O-])c4)c3)CC2)C1. The minimum absolute atomic E-state index is 0.0284. The van der Waals surface area contributed by atoms with Crippen molar-refractivity contribution in [1.82, 2.24) is 14.8 Å². The highest BCUT2D eigenvalue weighted by atomic mass is 32.2. The van der Waals surface area contributed by atoms with Gasteiger partial charge in [-0.15, -0.1) is 0 Å². The number of nitrogens with two attached hydrogens (primary N) is 1. The van der Waals surface area contributed by atoms with Crippen LogP contribution in [0.25, 0.3) is 0 Å². The Hall–Kier alpha value is -4.11. The zero-order valence-corrected chi connectivity index (χ0v) is 35.5. The quantitative estimate of drug-likeness (QED) is 0.128. The molecule has 4 aliphatic rings. The number of hydrogen-bond acceptors (Lipinski definition) is 11. The van der Waals surface area contributed by atoms with E-state index in [4.69, 9.17) is 5.73 Å². The van der Waals surface area contributed by atoms with Crippen molar-refractivity contribution in [1.29, 1.82) is 0 Å². The molecule has 0 bridgehead atoms. The maximum atomic E-state index is 14.2. The number of aromatic nitrogens is 1. The molecule has 2 aliphatic heterocycles. The molecule has 3 heterocycles. The summed E-state index contributed by atoms with van der Waals surface area (Å²) in [5.41, 5.74) is 8.12. The Bertz CT molecular complexity index is 2100. The molecule has 2 aromatic carbocycles. The van der Waals surface area contributed by atoms with Gasteiger partial charge in [-0.3, -0.25) is 24.7 Å². The molecule has 4 fully saturated rings. The fraction of sp³-hybridized carbons (Fsp3) is 0.591. The van der Waals surface area contributed by atoms with Gasteiger partial charge < -0.3 is 21.1 Å². The summed E-state index contributed by atoms with van der Waals surface area (Å²) < 4.78 is 28.4. The molecule has 1 spiro atoms. The Morgan fingerprint density at radius 2 is 1.71 bits per heavy atom. The molecule has 314 valence electrons. The van der Waals surface area contributed by atoms with E-state index in [1.165, 1.54) is 23.3 Å². The fourth-order valence-corrected chi connectivity index (χ4v) is 11.5. The van der Waals surface area contributed by atoms with Crippen molar-refractivity contribution in [2.75, 3.05) is 49.5 Å². The van der Waals surface area contributed by atoms with Crippen molar-refractivity contribution >= 4 is 32.9 Å². The first kappa shape index (κ1) is 42.0. The third-order valence-corrected chi connectivity index (χ3v) is 15.5. The summed E-state index contributed by atoms with van der Waals surface area (Å²) in [5, 5.41) is 25.5. The Labute approximate surface area is 343 Å². The molecule has 0 radical (unpaired) electrons. The molecular formula is C44H61N7O6S. The summed E-state index contributed by atoms with van der Waals surface area (Å²) in [5.74, 6) is -0.289. The van der Waals surface area contributed by atoms with Crippen molar-refractivity contribution in [2.45, 2.75) is 125 Å². The number of benzene rings is 2. The number of nitro groups is 1. The molecule has 0 unspecified atom stereocenters. The maximum Gasteiger partial charge on any atom is 0.312 e. The van der Waals surface area contributed by atoms with E-state index < -0.39 is 32.0 Å². The smallest absolute Gasteiger partial charge is 0.312 e. The third-order valence-electron chi connectivity index (χ3n) is 13.8. The molecule has 2 saturated carbocycles. The highest BCUT2D eigenvalue weighted by molar-refractivity contribution is 7.91. The van der Waals surface area contributed by atoms with E-state index in [2.05, 4.69) is 77.0 Å². The van der Waals surface area contributed by atoms with Crippen LogP contribution >= 0.6 is 0 Å². The first-order chi connectivity index (χ1) is 27.5. The van der Waals surface area contributed by atoms with Gasteiger partial charge in [0.05, 0.1) is 25.9 Å². The number of aliphatic hydroxyl groups is 1. The Morgan fingerprint density at radius 1 is 1.02 bits per heavy atom. The average molecular weight is 816 g/mol. The number of sulfone groups is 1. The van der Waals surface area contributed by atoms with Crippen LogP contribution in [-0.4, -0.2) is 96.1 Å². The van der Waals surface area contributed by atoms with Gasteiger partial charge in [-0.1, -0.05) is 38.1 Å². The molecule has 7 rings (SSSR count). The number of nitrogens with zero attached hydrogens (tertiary/aromatic N) is 5. The van der Waals surface area contributed by atoms with Crippen LogP contribution in [0.5, 0.6) is 0 Å². The second-order valence-electron chi connectivity index (χ2n) is 18.3. The van der Waals surface area contributed by atoms with Crippen LogP contribution in [0.15, 0.2) is 64.5 Å². The number of carbonyl (C=O) groups excluding carboxylic acids is 1. The minimum atomic E-state index is -4.44. The maximum absolute atomic E-state index is 14.2. The van der Waals surface area contributed by atoms with E-state index in [0.717, 1.165) is 83.5 Å². The van der Waals surface area contributed by atoms with Crippen LogP contribution in [0.1, 0.15) is 119 Å². The molecule has 58 heavy (non-hydrogen) atoms. The molecule has 1 atom stereocenters. The number of rotatable bonds is 12. The highest BCUT2D eigenvalue weighted by Gasteiger charge is 2.50. The largest absolute Gasteiger partial charge is 0.390 e. The first-order valence-corrected chi connectivity index (χ1v) is 22.6. The van der Waals surface area contributed by atoms with Crippen LogP contribution in [0.4, 0.5) is 17.2 Å². The number of piperidine rings is 1. The highest BCUT2D eigenvalue weighted by Crippen LogP contribution is 2.53. The lowest BCUT2D eigenvalue weighted by Crippen LogP contribution is -2.60. The van der Waals surface area contributed by atoms with Crippen molar-refractivity contribution in [3.63, 3.8) is 0 Å². The second kappa shape index (κ2) is 16.5. The second-order valence-corrected chi connectivity index (χ2v) is 20.3. The van der Waals surface area contributed by atoms with Gasteiger partial charge in [0.25, 0.3) is 0 Å². The average Bonchev–Trinajstić information content (AvgIpc) is 3.19. The van der Waals surface area contributed by atoms with Crippen molar-refractivity contribution in [2.24, 2.45) is 17.1 Å². The van der Waals surface area contributed by atoms with Gasteiger partial charge in [-0.2, -0.15) is 0 Å². The van der Waals surface area contributed by atoms with E-state index in [-0.39, 0.29) is 32.5 Å². The van der Waals surface area contributed by atoms with Gasteiger partial charge in [0.2, 0.25) is 21.6 Å². The number of hydrogen-bond donors (Lipinski definition) is 3. The van der Waals surface area contributed by atoms with Crippen LogP contribution in [0.3, 0.4) is 0 Å². The normalized spacial score (nSPS) is 24.6. The monoisotopic (exact) mass is 815 g/mol. The number of primary amides is 1. The molecule has 3 aromatic rings. The lowest BCUT2D eigenvalue weighted by atomic mass is 9.59. The van der Waals surface area contributed by atoms with Crippen LogP contribution in [0, 0.1) is 21.4 Å². The molecule has 13 nitrogen and oxygen atoms in total. The number of amides is 1. The van der Waals surface area contributed by atoms with Gasteiger partial charge >= 0.3 is 5.69 Å². The summed E-state index contributed by atoms with van der Waals surface area (Å²) in [6.07, 6.45) is 8.13. The first-order valence-electron chi connectivity index (χ1n) is 21.1. The van der Waals surface area contributed by atoms with E-state index in [9.17, 15) is 28.4 Å². The van der Waals surface area contributed by atoms with Gasteiger partial charge in [0.15, 0.2) is 0 Å². The predicted molar refractivity (Wildman–Crippen MR) is 226 cm³/mol. The topological polar surface area (TPSA) is 175 Å². The number of anilines is 2. The molecule has 4 N–H and O–H groups in total. The van der Waals surface area contributed by atoms with Crippen molar-refractivity contribution in [3.8, 4) is 0 Å². The molecule has 1 aromatic heterocycles. The van der Waals surface area contributed by atoms with Crippen LogP contribution in [-0.2, 0) is 9.84 Å². The fourth-order valence-electron chi connectivity index (χ4n) is 10.0. The van der Waals surface area contributed by atoms with Crippen molar-refractivity contribution < 1.29 is 23.2 Å². The predicted octanol–water partition coefficient (Wildman–Crippen LogP) is 6.91. The number of piperazine rings is 1.